The van der Waals surface area contributed by atoms with Gasteiger partial charge in [0.15, 0.2) is 0 Å². The van der Waals surface area contributed by atoms with Crippen LogP contribution in [0.3, 0.4) is 0 Å². The van der Waals surface area contributed by atoms with E-state index >= 15 is 0 Å². The molecule has 0 spiro atoms. The summed E-state index contributed by atoms with van der Waals surface area (Å²) in [6, 6.07) is 11.3. The fourth-order valence-electron chi connectivity index (χ4n) is 3.17. The average molecular weight is 457 g/mol. The van der Waals surface area contributed by atoms with E-state index in [2.05, 4.69) is 5.32 Å². The number of carbonyl (C=O) groups is 1. The summed E-state index contributed by atoms with van der Waals surface area (Å²) < 4.78 is 32.2. The predicted molar refractivity (Wildman–Crippen MR) is 113 cm³/mol. The third-order valence-electron chi connectivity index (χ3n) is 4.77. The zero-order chi connectivity index (χ0) is 21.0. The molecule has 3 rings (SSSR count). The van der Waals surface area contributed by atoms with Crippen LogP contribution in [0.15, 0.2) is 47.4 Å². The van der Waals surface area contributed by atoms with Gasteiger partial charge in [-0.05, 0) is 35.9 Å². The summed E-state index contributed by atoms with van der Waals surface area (Å²) in [4.78, 5) is 12.7. The minimum Gasteiger partial charge on any atom is -0.379 e. The first-order chi connectivity index (χ1) is 13.8. The van der Waals surface area contributed by atoms with Crippen LogP contribution >= 0.6 is 23.2 Å². The number of halogens is 2. The molecule has 1 aliphatic rings. The maximum absolute atomic E-state index is 12.8. The Balaban J connectivity index is 1.71. The Labute approximate surface area is 180 Å². The number of benzene rings is 2. The van der Waals surface area contributed by atoms with Gasteiger partial charge in [0, 0.05) is 41.2 Å². The zero-order valence-electron chi connectivity index (χ0n) is 15.9. The van der Waals surface area contributed by atoms with Gasteiger partial charge in [-0.15, -0.1) is 0 Å². The van der Waals surface area contributed by atoms with Gasteiger partial charge in [0.2, 0.25) is 10.0 Å². The molecular weight excluding hydrogens is 435 g/mol. The monoisotopic (exact) mass is 456 g/mol. The highest BCUT2D eigenvalue weighted by atomic mass is 35.5. The van der Waals surface area contributed by atoms with Crippen molar-refractivity contribution in [2.75, 3.05) is 32.8 Å². The second-order valence-electron chi connectivity index (χ2n) is 6.79. The van der Waals surface area contributed by atoms with Crippen LogP contribution in [-0.2, 0) is 14.8 Å². The smallest absolute Gasteiger partial charge is 0.251 e. The Bertz CT molecular complexity index is 971. The lowest BCUT2D eigenvalue weighted by molar-refractivity contribution is 0.0730. The molecule has 1 heterocycles. The first-order valence-electron chi connectivity index (χ1n) is 9.21. The first kappa shape index (κ1) is 22.1. The molecule has 1 fully saturated rings. The van der Waals surface area contributed by atoms with Crippen molar-refractivity contribution >= 4 is 39.1 Å². The molecule has 1 saturated heterocycles. The molecule has 0 bridgehead atoms. The molecule has 1 N–H and O–H groups in total. The van der Waals surface area contributed by atoms with E-state index in [4.69, 9.17) is 27.9 Å². The van der Waals surface area contributed by atoms with Gasteiger partial charge in [0.1, 0.15) is 0 Å². The highest BCUT2D eigenvalue weighted by molar-refractivity contribution is 7.89. The van der Waals surface area contributed by atoms with Crippen molar-refractivity contribution in [3.05, 3.63) is 63.6 Å². The van der Waals surface area contributed by atoms with Gasteiger partial charge < -0.3 is 10.1 Å². The highest BCUT2D eigenvalue weighted by Gasteiger charge is 2.27. The summed E-state index contributed by atoms with van der Waals surface area (Å²) in [7, 11) is -3.67. The molecule has 156 valence electrons. The Hall–Kier alpha value is -1.64. The van der Waals surface area contributed by atoms with Crippen molar-refractivity contribution in [3.8, 4) is 0 Å². The van der Waals surface area contributed by atoms with Gasteiger partial charge in [-0.25, -0.2) is 8.42 Å². The van der Waals surface area contributed by atoms with E-state index in [1.807, 2.05) is 6.92 Å². The molecule has 1 unspecified atom stereocenters. The molecular formula is C20H22Cl2N2O4S. The van der Waals surface area contributed by atoms with Crippen LogP contribution in [0.25, 0.3) is 0 Å². The predicted octanol–water partition coefficient (Wildman–Crippen LogP) is 3.55. The Morgan fingerprint density at radius 1 is 1.14 bits per heavy atom. The summed E-state index contributed by atoms with van der Waals surface area (Å²) in [6.07, 6.45) is 0. The Morgan fingerprint density at radius 3 is 2.41 bits per heavy atom. The van der Waals surface area contributed by atoms with Crippen LogP contribution in [0.4, 0.5) is 0 Å². The van der Waals surface area contributed by atoms with E-state index in [-0.39, 0.29) is 22.3 Å². The van der Waals surface area contributed by atoms with Crippen LogP contribution in [0, 0.1) is 0 Å². The van der Waals surface area contributed by atoms with Crippen LogP contribution < -0.4 is 5.32 Å². The lowest BCUT2D eigenvalue weighted by Gasteiger charge is -2.26. The van der Waals surface area contributed by atoms with Gasteiger partial charge in [0.25, 0.3) is 5.91 Å². The van der Waals surface area contributed by atoms with E-state index in [0.717, 1.165) is 5.56 Å². The van der Waals surface area contributed by atoms with Crippen LogP contribution in [0.5, 0.6) is 0 Å². The van der Waals surface area contributed by atoms with E-state index in [1.165, 1.54) is 16.4 Å². The second kappa shape index (κ2) is 9.45. The van der Waals surface area contributed by atoms with E-state index in [1.54, 1.807) is 30.3 Å². The molecule has 0 radical (unpaired) electrons. The molecule has 0 saturated carbocycles. The number of hydrogen-bond donors (Lipinski definition) is 1. The molecule has 2 aromatic rings. The number of hydrogen-bond acceptors (Lipinski definition) is 4. The largest absolute Gasteiger partial charge is 0.379 e. The van der Waals surface area contributed by atoms with E-state index < -0.39 is 10.0 Å². The Kier molecular flexibility index (Phi) is 7.19. The molecule has 1 aliphatic heterocycles. The van der Waals surface area contributed by atoms with Crippen molar-refractivity contribution in [1.29, 1.82) is 0 Å². The van der Waals surface area contributed by atoms with Gasteiger partial charge >= 0.3 is 0 Å². The van der Waals surface area contributed by atoms with E-state index in [9.17, 15) is 13.2 Å². The summed E-state index contributed by atoms with van der Waals surface area (Å²) in [5.74, 6) is -0.473. The number of sulfonamides is 1. The van der Waals surface area contributed by atoms with Crippen molar-refractivity contribution in [1.82, 2.24) is 9.62 Å². The normalized spacial score (nSPS) is 16.4. The van der Waals surface area contributed by atoms with Gasteiger partial charge in [-0.1, -0.05) is 42.3 Å². The second-order valence-corrected chi connectivity index (χ2v) is 9.54. The number of nitrogens with one attached hydrogen (secondary N) is 1. The average Bonchev–Trinajstić information content (AvgIpc) is 2.72. The number of carbonyl (C=O) groups excluding carboxylic acids is 1. The van der Waals surface area contributed by atoms with Gasteiger partial charge in [-0.2, -0.15) is 4.31 Å². The molecule has 2 aromatic carbocycles. The van der Waals surface area contributed by atoms with Crippen LogP contribution in [0.1, 0.15) is 28.8 Å². The summed E-state index contributed by atoms with van der Waals surface area (Å²) in [6.45, 7) is 3.54. The zero-order valence-corrected chi connectivity index (χ0v) is 18.2. The number of morpholine rings is 1. The molecule has 29 heavy (non-hydrogen) atoms. The van der Waals surface area contributed by atoms with Crippen molar-refractivity contribution < 1.29 is 17.9 Å². The third kappa shape index (κ3) is 5.10. The lowest BCUT2D eigenvalue weighted by atomic mass is 10.0. The summed E-state index contributed by atoms with van der Waals surface area (Å²) >= 11 is 12.4. The maximum atomic E-state index is 12.8. The third-order valence-corrected chi connectivity index (χ3v) is 7.32. The van der Waals surface area contributed by atoms with Crippen molar-refractivity contribution in [2.45, 2.75) is 17.7 Å². The number of nitrogens with zero attached hydrogens (tertiary/aromatic N) is 1. The fourth-order valence-corrected chi connectivity index (χ4v) is 5.39. The molecule has 1 atom stereocenters. The minimum absolute atomic E-state index is 0.0919. The minimum atomic E-state index is -3.67. The maximum Gasteiger partial charge on any atom is 0.251 e. The number of amides is 1. The van der Waals surface area contributed by atoms with Crippen LogP contribution in [0.2, 0.25) is 10.0 Å². The summed E-state index contributed by atoms with van der Waals surface area (Å²) in [5, 5.41) is 3.90. The van der Waals surface area contributed by atoms with Crippen molar-refractivity contribution in [3.63, 3.8) is 0 Å². The number of rotatable bonds is 6. The topological polar surface area (TPSA) is 75.7 Å². The molecule has 6 nitrogen and oxygen atoms in total. The van der Waals surface area contributed by atoms with Crippen LogP contribution in [-0.4, -0.2) is 51.5 Å². The summed E-state index contributed by atoms with van der Waals surface area (Å²) in [5.41, 5.74) is 1.04. The number of ether oxygens (including phenoxy) is 1. The first-order valence-corrected chi connectivity index (χ1v) is 11.4. The fraction of sp³-hybridized carbons (Fsp3) is 0.350. The molecule has 0 aromatic heterocycles. The van der Waals surface area contributed by atoms with E-state index in [0.29, 0.717) is 42.9 Å². The Morgan fingerprint density at radius 2 is 1.76 bits per heavy atom. The quantitative estimate of drug-likeness (QED) is 0.720. The van der Waals surface area contributed by atoms with Gasteiger partial charge in [-0.3, -0.25) is 4.79 Å². The SMILES string of the molecule is CC(CNC(=O)c1cccc(S(=O)(=O)N2CCOCC2)c1)c1c(Cl)cccc1Cl. The molecule has 0 aliphatic carbocycles. The molecule has 9 heteroatoms. The molecule has 1 amide bonds. The van der Waals surface area contributed by atoms with Crippen molar-refractivity contribution in [2.24, 2.45) is 0 Å². The standard InChI is InChI=1S/C20H22Cl2N2O4S/c1-14(19-17(21)6-3-7-18(19)22)13-23-20(25)15-4-2-5-16(12-15)29(26,27)24-8-10-28-11-9-24/h2-7,12,14H,8-11,13H2,1H3,(H,23,25). The highest BCUT2D eigenvalue weighted by Crippen LogP contribution is 2.31. The lowest BCUT2D eigenvalue weighted by Crippen LogP contribution is -2.40. The van der Waals surface area contributed by atoms with Gasteiger partial charge in [0.05, 0.1) is 18.1 Å².